The second-order valence-electron chi connectivity index (χ2n) is 8.04. The fourth-order valence-electron chi connectivity index (χ4n) is 4.32. The van der Waals surface area contributed by atoms with Gasteiger partial charge in [0.15, 0.2) is 9.84 Å². The van der Waals surface area contributed by atoms with Gasteiger partial charge in [0.25, 0.3) is 0 Å². The monoisotopic (exact) mass is 412 g/mol. The van der Waals surface area contributed by atoms with E-state index < -0.39 is 9.84 Å². The number of hydrogen-bond donors (Lipinski definition) is 1. The van der Waals surface area contributed by atoms with Gasteiger partial charge in [-0.25, -0.2) is 13.4 Å². The van der Waals surface area contributed by atoms with E-state index in [1.54, 1.807) is 0 Å². The van der Waals surface area contributed by atoms with Crippen LogP contribution in [0.5, 0.6) is 0 Å². The van der Waals surface area contributed by atoms with Crippen LogP contribution >= 0.6 is 11.8 Å². The highest BCUT2D eigenvalue weighted by Crippen LogP contribution is 2.39. The van der Waals surface area contributed by atoms with Gasteiger partial charge >= 0.3 is 0 Å². The summed E-state index contributed by atoms with van der Waals surface area (Å²) in [4.78, 5) is 4.95. The maximum atomic E-state index is 12.5. The molecule has 0 radical (unpaired) electrons. The Labute approximate surface area is 170 Å². The number of allylic oxidation sites excluding steroid dienone is 1. The zero-order valence-corrected chi connectivity index (χ0v) is 17.3. The molecule has 6 heteroatoms. The van der Waals surface area contributed by atoms with Gasteiger partial charge in [0, 0.05) is 23.9 Å². The van der Waals surface area contributed by atoms with Crippen molar-refractivity contribution < 1.29 is 8.42 Å². The van der Waals surface area contributed by atoms with Gasteiger partial charge in [-0.05, 0) is 66.3 Å². The molecule has 0 bridgehead atoms. The molecule has 3 atom stereocenters. The lowest BCUT2D eigenvalue weighted by Crippen LogP contribution is -2.27. The summed E-state index contributed by atoms with van der Waals surface area (Å²) in [6.07, 6.45) is 7.76. The molecule has 4 nitrogen and oxygen atoms in total. The molecular weight excluding hydrogens is 388 g/mol. The number of hydrogen-bond acceptors (Lipinski definition) is 5. The lowest BCUT2D eigenvalue weighted by molar-refractivity contribution is 0.486. The van der Waals surface area contributed by atoms with Crippen LogP contribution in [0.4, 0.5) is 5.82 Å². The van der Waals surface area contributed by atoms with Crippen molar-refractivity contribution in [1.29, 1.82) is 0 Å². The predicted octanol–water partition coefficient (Wildman–Crippen LogP) is 4.40. The normalized spacial score (nSPS) is 24.7. The summed E-state index contributed by atoms with van der Waals surface area (Å²) in [5.74, 6) is 2.99. The van der Waals surface area contributed by atoms with Crippen molar-refractivity contribution >= 4 is 27.4 Å². The summed E-state index contributed by atoms with van der Waals surface area (Å²) in [5, 5.41) is 5.66. The van der Waals surface area contributed by atoms with E-state index in [0.717, 1.165) is 37.3 Å². The van der Waals surface area contributed by atoms with Crippen LogP contribution in [-0.4, -0.2) is 30.4 Å². The Bertz CT molecular complexity index is 972. The number of nitrogens with one attached hydrogen (secondary N) is 1. The molecule has 5 rings (SSSR count). The first-order chi connectivity index (χ1) is 13.6. The van der Waals surface area contributed by atoms with E-state index in [9.17, 15) is 8.42 Å². The molecule has 0 saturated heterocycles. The van der Waals surface area contributed by atoms with E-state index in [1.165, 1.54) is 11.1 Å². The van der Waals surface area contributed by atoms with Crippen molar-refractivity contribution in [2.75, 3.05) is 11.1 Å². The second-order valence-corrected chi connectivity index (χ2v) is 11.2. The van der Waals surface area contributed by atoms with Gasteiger partial charge in [-0.15, -0.1) is 11.8 Å². The van der Waals surface area contributed by atoms with Crippen molar-refractivity contribution in [3.8, 4) is 0 Å². The molecule has 146 valence electrons. The Morgan fingerprint density at radius 3 is 2.68 bits per heavy atom. The van der Waals surface area contributed by atoms with E-state index in [0.29, 0.717) is 16.7 Å². The smallest absolute Gasteiger partial charge is 0.181 e. The van der Waals surface area contributed by atoms with Gasteiger partial charge in [-0.1, -0.05) is 24.3 Å². The number of nitrogens with zero attached hydrogens (tertiary/aromatic N) is 1. The SMILES string of the molecule is O=S(=O)(c1ccc(C(CC2C=CSC2)C2Cc3cccnc3N2)cc1)C1CC1. The number of aromatic nitrogens is 1. The topological polar surface area (TPSA) is 59.1 Å². The second kappa shape index (κ2) is 7.23. The third-order valence-electron chi connectivity index (χ3n) is 6.05. The molecule has 1 aliphatic carbocycles. The van der Waals surface area contributed by atoms with Crippen molar-refractivity contribution in [2.45, 2.75) is 47.8 Å². The Balaban J connectivity index is 1.42. The molecule has 1 fully saturated rings. The summed E-state index contributed by atoms with van der Waals surface area (Å²) in [7, 11) is -3.13. The zero-order chi connectivity index (χ0) is 19.1. The lowest BCUT2D eigenvalue weighted by Gasteiger charge is -2.27. The number of rotatable bonds is 6. The van der Waals surface area contributed by atoms with E-state index in [-0.39, 0.29) is 11.3 Å². The van der Waals surface area contributed by atoms with Crippen molar-refractivity contribution in [3.05, 3.63) is 65.2 Å². The highest BCUT2D eigenvalue weighted by atomic mass is 32.2. The van der Waals surface area contributed by atoms with Crippen LogP contribution in [0.1, 0.15) is 36.3 Å². The van der Waals surface area contributed by atoms with Crippen LogP contribution in [0.2, 0.25) is 0 Å². The predicted molar refractivity (Wildman–Crippen MR) is 114 cm³/mol. The van der Waals surface area contributed by atoms with Gasteiger partial charge in [0.1, 0.15) is 5.82 Å². The van der Waals surface area contributed by atoms with Crippen molar-refractivity contribution in [2.24, 2.45) is 5.92 Å². The lowest BCUT2D eigenvalue weighted by atomic mass is 9.83. The number of benzene rings is 1. The van der Waals surface area contributed by atoms with Crippen LogP contribution < -0.4 is 5.32 Å². The Kier molecular flexibility index (Phi) is 4.71. The quantitative estimate of drug-likeness (QED) is 0.762. The van der Waals surface area contributed by atoms with Crippen LogP contribution in [-0.2, 0) is 16.3 Å². The first-order valence-corrected chi connectivity index (χ1v) is 12.5. The summed E-state index contributed by atoms with van der Waals surface area (Å²) in [6.45, 7) is 0. The number of pyridine rings is 1. The average Bonchev–Trinajstić information content (AvgIpc) is 3.30. The van der Waals surface area contributed by atoms with Crippen LogP contribution in [0, 0.1) is 5.92 Å². The fraction of sp³-hybridized carbons (Fsp3) is 0.409. The first kappa shape index (κ1) is 18.3. The molecule has 28 heavy (non-hydrogen) atoms. The van der Waals surface area contributed by atoms with Gasteiger partial charge in [0.05, 0.1) is 10.1 Å². The molecule has 1 aromatic heterocycles. The van der Waals surface area contributed by atoms with E-state index in [2.05, 4.69) is 27.9 Å². The molecular formula is C22H24N2O2S2. The first-order valence-electron chi connectivity index (χ1n) is 9.94. The molecule has 3 unspecified atom stereocenters. The molecule has 2 aromatic rings. The zero-order valence-electron chi connectivity index (χ0n) is 15.6. The minimum atomic E-state index is -3.13. The molecule has 0 spiro atoms. The van der Waals surface area contributed by atoms with Crippen molar-refractivity contribution in [1.82, 2.24) is 4.98 Å². The minimum absolute atomic E-state index is 0.160. The van der Waals surface area contributed by atoms with E-state index in [1.807, 2.05) is 48.3 Å². The Hall–Kier alpha value is -1.79. The van der Waals surface area contributed by atoms with Crippen molar-refractivity contribution in [3.63, 3.8) is 0 Å². The summed E-state index contributed by atoms with van der Waals surface area (Å²) in [5.41, 5.74) is 2.48. The number of fused-ring (bicyclic) bond motifs is 1. The standard InChI is InChI=1S/C22H24N2O2S2/c25-28(26,19-7-8-19)18-5-3-16(4-6-18)20(12-15-9-11-27-14-15)21-13-17-2-1-10-23-22(17)24-21/h1-6,9-11,15,19-21H,7-8,12-14H2,(H,23,24). The number of thioether (sulfide) groups is 1. The maximum absolute atomic E-state index is 12.5. The molecule has 1 saturated carbocycles. The summed E-state index contributed by atoms with van der Waals surface area (Å²) in [6, 6.07) is 12.1. The van der Waals surface area contributed by atoms with E-state index in [4.69, 9.17) is 0 Å². The average molecular weight is 413 g/mol. The molecule has 0 amide bonds. The minimum Gasteiger partial charge on any atom is -0.366 e. The Morgan fingerprint density at radius 2 is 2.00 bits per heavy atom. The fourth-order valence-corrected chi connectivity index (χ4v) is 6.92. The molecule has 3 heterocycles. The van der Waals surface area contributed by atoms with Gasteiger partial charge in [-0.3, -0.25) is 0 Å². The van der Waals surface area contributed by atoms with Crippen LogP contribution in [0.3, 0.4) is 0 Å². The summed E-state index contributed by atoms with van der Waals surface area (Å²) < 4.78 is 25.1. The summed E-state index contributed by atoms with van der Waals surface area (Å²) >= 11 is 1.87. The van der Waals surface area contributed by atoms with Gasteiger partial charge in [-0.2, -0.15) is 0 Å². The molecule has 1 aromatic carbocycles. The van der Waals surface area contributed by atoms with Gasteiger partial charge in [0.2, 0.25) is 0 Å². The number of anilines is 1. The largest absolute Gasteiger partial charge is 0.366 e. The molecule has 3 aliphatic rings. The number of sulfone groups is 1. The van der Waals surface area contributed by atoms with Gasteiger partial charge < -0.3 is 5.32 Å². The van der Waals surface area contributed by atoms with Crippen LogP contribution in [0.15, 0.2) is 59.0 Å². The third-order valence-corrected chi connectivity index (χ3v) is 9.30. The van der Waals surface area contributed by atoms with E-state index >= 15 is 0 Å². The molecule has 1 N–H and O–H groups in total. The highest BCUT2D eigenvalue weighted by Gasteiger charge is 2.37. The highest BCUT2D eigenvalue weighted by molar-refractivity contribution is 8.02. The Morgan fingerprint density at radius 1 is 1.18 bits per heavy atom. The molecule has 2 aliphatic heterocycles. The third kappa shape index (κ3) is 3.48. The maximum Gasteiger partial charge on any atom is 0.181 e. The van der Waals surface area contributed by atoms with Crippen LogP contribution in [0.25, 0.3) is 0 Å².